The number of imidazole rings is 1. The maximum absolute atomic E-state index is 6.32. The zero-order valence-electron chi connectivity index (χ0n) is 12.5. The Morgan fingerprint density at radius 2 is 2.19 bits per heavy atom. The summed E-state index contributed by atoms with van der Waals surface area (Å²) in [7, 11) is 1.61. The molecule has 3 rings (SSSR count). The number of methoxy groups -OCH3 is 1. The molecule has 0 spiro atoms. The van der Waals surface area contributed by atoms with E-state index in [4.69, 9.17) is 21.1 Å². The molecule has 0 aliphatic carbocycles. The molecule has 0 N–H and O–H groups in total. The number of fused-ring (bicyclic) bond motifs is 1. The van der Waals surface area contributed by atoms with Gasteiger partial charge in [0.05, 0.1) is 24.6 Å². The molecular weight excluding hydrogens is 290 g/mol. The summed E-state index contributed by atoms with van der Waals surface area (Å²) in [5, 5.41) is -0.186. The summed E-state index contributed by atoms with van der Waals surface area (Å²) in [6, 6.07) is 3.88. The van der Waals surface area contributed by atoms with Gasteiger partial charge in [0.25, 0.3) is 0 Å². The van der Waals surface area contributed by atoms with E-state index in [1.165, 1.54) is 0 Å². The van der Waals surface area contributed by atoms with Crippen LogP contribution >= 0.6 is 11.6 Å². The molecule has 0 aromatic carbocycles. The fraction of sp³-hybridized carbons (Fsp3) is 0.600. The Morgan fingerprint density at radius 1 is 1.38 bits per heavy atom. The largest absolute Gasteiger partial charge is 0.481 e. The van der Waals surface area contributed by atoms with Crippen LogP contribution in [0.25, 0.3) is 11.2 Å². The summed E-state index contributed by atoms with van der Waals surface area (Å²) in [4.78, 5) is 9.19. The molecule has 21 heavy (non-hydrogen) atoms. The number of ether oxygens (including phenoxy) is 2. The van der Waals surface area contributed by atoms with Gasteiger partial charge >= 0.3 is 0 Å². The topological polar surface area (TPSA) is 49.2 Å². The molecule has 1 fully saturated rings. The van der Waals surface area contributed by atoms with Crippen molar-refractivity contribution in [3.05, 3.63) is 18.0 Å². The maximum Gasteiger partial charge on any atom is 0.215 e. The van der Waals surface area contributed by atoms with Crippen molar-refractivity contribution >= 4 is 22.8 Å². The van der Waals surface area contributed by atoms with Crippen LogP contribution in [0.3, 0.4) is 0 Å². The highest BCUT2D eigenvalue weighted by Gasteiger charge is 2.28. The molecule has 114 valence electrons. The molecule has 5 nitrogen and oxygen atoms in total. The fourth-order valence-electron chi connectivity index (χ4n) is 2.92. The molecule has 3 unspecified atom stereocenters. The Bertz CT molecular complexity index is 635. The van der Waals surface area contributed by atoms with E-state index in [2.05, 4.69) is 21.5 Å². The SMILES string of the molecule is COc1ccc2nc(C(C)Cl)n(C(C)C3CCCO3)c2n1. The van der Waals surface area contributed by atoms with Crippen LogP contribution in [0, 0.1) is 0 Å². The van der Waals surface area contributed by atoms with E-state index in [-0.39, 0.29) is 17.5 Å². The summed E-state index contributed by atoms with van der Waals surface area (Å²) in [6.45, 7) is 4.89. The van der Waals surface area contributed by atoms with E-state index in [1.54, 1.807) is 7.11 Å². The van der Waals surface area contributed by atoms with Crippen molar-refractivity contribution in [1.82, 2.24) is 14.5 Å². The zero-order chi connectivity index (χ0) is 15.0. The molecule has 1 saturated heterocycles. The second-order valence-corrected chi connectivity index (χ2v) is 6.10. The number of nitrogens with zero attached hydrogens (tertiary/aromatic N) is 3. The van der Waals surface area contributed by atoms with Gasteiger partial charge in [-0.1, -0.05) is 0 Å². The Labute approximate surface area is 129 Å². The van der Waals surface area contributed by atoms with Gasteiger partial charge in [-0.05, 0) is 32.8 Å². The standard InChI is InChI=1S/C15H20ClN3O2/c1-9(16)14-17-11-6-7-13(20-3)18-15(11)19(14)10(2)12-5-4-8-21-12/h6-7,9-10,12H,4-5,8H2,1-3H3. The first-order valence-corrected chi connectivity index (χ1v) is 7.74. The summed E-state index contributed by atoms with van der Waals surface area (Å²) in [5.41, 5.74) is 1.64. The van der Waals surface area contributed by atoms with Gasteiger partial charge in [0.15, 0.2) is 5.65 Å². The predicted octanol–water partition coefficient (Wildman–Crippen LogP) is 3.48. The lowest BCUT2D eigenvalue weighted by Crippen LogP contribution is -2.23. The van der Waals surface area contributed by atoms with Gasteiger partial charge in [0.2, 0.25) is 5.88 Å². The smallest absolute Gasteiger partial charge is 0.215 e. The Kier molecular flexibility index (Phi) is 4.04. The number of aromatic nitrogens is 3. The molecule has 3 heterocycles. The first-order chi connectivity index (χ1) is 10.1. The quantitative estimate of drug-likeness (QED) is 0.811. The van der Waals surface area contributed by atoms with Crippen molar-refractivity contribution < 1.29 is 9.47 Å². The van der Waals surface area contributed by atoms with Crippen LogP contribution in [-0.4, -0.2) is 34.4 Å². The third-order valence-corrected chi connectivity index (χ3v) is 4.21. The van der Waals surface area contributed by atoms with Gasteiger partial charge < -0.3 is 14.0 Å². The van der Waals surface area contributed by atoms with Crippen LogP contribution in [0.2, 0.25) is 0 Å². The summed E-state index contributed by atoms with van der Waals surface area (Å²) in [6.07, 6.45) is 2.34. The molecule has 2 aromatic rings. The van der Waals surface area contributed by atoms with Crippen LogP contribution < -0.4 is 4.74 Å². The lowest BCUT2D eigenvalue weighted by molar-refractivity contribution is 0.0734. The highest BCUT2D eigenvalue weighted by atomic mass is 35.5. The minimum atomic E-state index is -0.186. The van der Waals surface area contributed by atoms with Crippen molar-refractivity contribution in [2.24, 2.45) is 0 Å². The lowest BCUT2D eigenvalue weighted by atomic mass is 10.1. The van der Waals surface area contributed by atoms with E-state index in [0.29, 0.717) is 5.88 Å². The molecule has 0 bridgehead atoms. The molecule has 0 saturated carbocycles. The number of alkyl halides is 1. The molecule has 0 radical (unpaired) electrons. The number of rotatable bonds is 4. The summed E-state index contributed by atoms with van der Waals surface area (Å²) in [5.74, 6) is 1.41. The molecule has 3 atom stereocenters. The average molecular weight is 310 g/mol. The normalized spacial score (nSPS) is 21.6. The van der Waals surface area contributed by atoms with Crippen molar-refractivity contribution in [2.75, 3.05) is 13.7 Å². The lowest BCUT2D eigenvalue weighted by Gasteiger charge is -2.23. The highest BCUT2D eigenvalue weighted by Crippen LogP contribution is 2.32. The van der Waals surface area contributed by atoms with Crippen molar-refractivity contribution in [1.29, 1.82) is 0 Å². The number of pyridine rings is 1. The third-order valence-electron chi connectivity index (χ3n) is 4.01. The highest BCUT2D eigenvalue weighted by molar-refractivity contribution is 6.20. The van der Waals surface area contributed by atoms with Crippen molar-refractivity contribution in [3.8, 4) is 5.88 Å². The monoisotopic (exact) mass is 309 g/mol. The fourth-order valence-corrected chi connectivity index (χ4v) is 3.07. The van der Waals surface area contributed by atoms with E-state index in [0.717, 1.165) is 36.4 Å². The molecule has 1 aliphatic rings. The van der Waals surface area contributed by atoms with Gasteiger partial charge in [-0.2, -0.15) is 4.98 Å². The van der Waals surface area contributed by atoms with Crippen LogP contribution in [0.4, 0.5) is 0 Å². The Hall–Kier alpha value is -1.33. The number of hydrogen-bond acceptors (Lipinski definition) is 4. The minimum absolute atomic E-state index is 0.147. The Morgan fingerprint density at radius 3 is 2.81 bits per heavy atom. The minimum Gasteiger partial charge on any atom is -0.481 e. The summed E-state index contributed by atoms with van der Waals surface area (Å²) >= 11 is 6.32. The number of halogens is 1. The first kappa shape index (κ1) is 14.6. The second kappa shape index (κ2) is 5.81. The van der Waals surface area contributed by atoms with E-state index >= 15 is 0 Å². The average Bonchev–Trinajstić information content (AvgIpc) is 3.13. The van der Waals surface area contributed by atoms with E-state index < -0.39 is 0 Å². The maximum atomic E-state index is 6.32. The van der Waals surface area contributed by atoms with Crippen molar-refractivity contribution in [3.63, 3.8) is 0 Å². The molecule has 2 aromatic heterocycles. The zero-order valence-corrected chi connectivity index (χ0v) is 13.3. The second-order valence-electron chi connectivity index (χ2n) is 5.44. The van der Waals surface area contributed by atoms with Gasteiger partial charge in [-0.3, -0.25) is 0 Å². The molecule has 1 aliphatic heterocycles. The van der Waals surface area contributed by atoms with E-state index in [1.807, 2.05) is 19.1 Å². The molecule has 6 heteroatoms. The Balaban J connectivity index is 2.13. The van der Waals surface area contributed by atoms with Crippen LogP contribution in [0.5, 0.6) is 5.88 Å². The first-order valence-electron chi connectivity index (χ1n) is 7.30. The van der Waals surface area contributed by atoms with Crippen LogP contribution in [0.15, 0.2) is 12.1 Å². The van der Waals surface area contributed by atoms with Gasteiger partial charge in [-0.15, -0.1) is 11.6 Å². The van der Waals surface area contributed by atoms with E-state index in [9.17, 15) is 0 Å². The number of hydrogen-bond donors (Lipinski definition) is 0. The molecule has 0 amide bonds. The van der Waals surface area contributed by atoms with Gasteiger partial charge in [0, 0.05) is 12.7 Å². The molecular formula is C15H20ClN3O2. The van der Waals surface area contributed by atoms with Crippen molar-refractivity contribution in [2.45, 2.75) is 44.2 Å². The van der Waals surface area contributed by atoms with Crippen LogP contribution in [0.1, 0.15) is 43.9 Å². The van der Waals surface area contributed by atoms with Crippen LogP contribution in [-0.2, 0) is 4.74 Å². The van der Waals surface area contributed by atoms with Gasteiger partial charge in [0.1, 0.15) is 11.3 Å². The van der Waals surface area contributed by atoms with Gasteiger partial charge in [-0.25, -0.2) is 4.98 Å². The predicted molar refractivity (Wildman–Crippen MR) is 82.0 cm³/mol. The summed E-state index contributed by atoms with van der Waals surface area (Å²) < 4.78 is 13.2. The third kappa shape index (κ3) is 2.60.